The van der Waals surface area contributed by atoms with E-state index in [1.54, 1.807) is 6.07 Å². The molecular weight excluding hydrogens is 269 g/mol. The number of halogens is 1. The van der Waals surface area contributed by atoms with E-state index in [4.69, 9.17) is 9.47 Å². The van der Waals surface area contributed by atoms with Gasteiger partial charge in [-0.25, -0.2) is 4.39 Å². The van der Waals surface area contributed by atoms with E-state index in [0.717, 1.165) is 11.1 Å². The van der Waals surface area contributed by atoms with Crippen LogP contribution in [0.3, 0.4) is 0 Å². The van der Waals surface area contributed by atoms with E-state index >= 15 is 0 Å². The molecule has 2 aromatic rings. The number of nitrogens with one attached hydrogen (secondary N) is 1. The Bertz CT molecular complexity index is 560. The SMILES string of the molecule is CNC(C)c1ccc(OCOCc2ccccc2)c(F)c1. The third kappa shape index (κ3) is 4.55. The van der Waals surface area contributed by atoms with Gasteiger partial charge in [0, 0.05) is 6.04 Å². The molecule has 1 unspecified atom stereocenters. The second-order valence-electron chi connectivity index (χ2n) is 4.80. The fourth-order valence-corrected chi connectivity index (χ4v) is 1.91. The van der Waals surface area contributed by atoms with Crippen molar-refractivity contribution in [1.29, 1.82) is 0 Å². The van der Waals surface area contributed by atoms with E-state index in [2.05, 4.69) is 5.32 Å². The zero-order chi connectivity index (χ0) is 15.1. The maximum Gasteiger partial charge on any atom is 0.189 e. The van der Waals surface area contributed by atoms with Gasteiger partial charge in [-0.3, -0.25) is 0 Å². The number of hydrogen-bond donors (Lipinski definition) is 1. The fourth-order valence-electron chi connectivity index (χ4n) is 1.91. The molecule has 0 saturated carbocycles. The Hall–Kier alpha value is -1.91. The van der Waals surface area contributed by atoms with Crippen LogP contribution in [0.15, 0.2) is 48.5 Å². The average Bonchev–Trinajstić information content (AvgIpc) is 2.53. The molecule has 3 nitrogen and oxygen atoms in total. The van der Waals surface area contributed by atoms with Crippen molar-refractivity contribution in [3.8, 4) is 5.75 Å². The monoisotopic (exact) mass is 289 g/mol. The molecule has 21 heavy (non-hydrogen) atoms. The minimum atomic E-state index is -0.377. The normalized spacial score (nSPS) is 12.1. The summed E-state index contributed by atoms with van der Waals surface area (Å²) in [6.45, 7) is 2.43. The summed E-state index contributed by atoms with van der Waals surface area (Å²) in [6.07, 6.45) is 0. The van der Waals surface area contributed by atoms with Crippen LogP contribution in [-0.2, 0) is 11.3 Å². The van der Waals surface area contributed by atoms with Gasteiger partial charge in [0.2, 0.25) is 0 Å². The van der Waals surface area contributed by atoms with Gasteiger partial charge in [0.25, 0.3) is 0 Å². The van der Waals surface area contributed by atoms with Gasteiger partial charge in [0.05, 0.1) is 6.61 Å². The Morgan fingerprint density at radius 1 is 1.14 bits per heavy atom. The lowest BCUT2D eigenvalue weighted by atomic mass is 10.1. The zero-order valence-corrected chi connectivity index (χ0v) is 12.3. The van der Waals surface area contributed by atoms with Crippen molar-refractivity contribution in [2.75, 3.05) is 13.8 Å². The molecule has 0 heterocycles. The molecule has 2 aromatic carbocycles. The summed E-state index contributed by atoms with van der Waals surface area (Å²) in [7, 11) is 1.84. The van der Waals surface area contributed by atoms with Crippen molar-refractivity contribution < 1.29 is 13.9 Å². The number of ether oxygens (including phenoxy) is 2. The molecule has 0 bridgehead atoms. The van der Waals surface area contributed by atoms with E-state index in [1.807, 2.05) is 50.4 Å². The summed E-state index contributed by atoms with van der Waals surface area (Å²) >= 11 is 0. The van der Waals surface area contributed by atoms with E-state index in [0.29, 0.717) is 6.61 Å². The van der Waals surface area contributed by atoms with Gasteiger partial charge in [-0.2, -0.15) is 0 Å². The molecule has 1 N–H and O–H groups in total. The van der Waals surface area contributed by atoms with Gasteiger partial charge in [0.15, 0.2) is 18.4 Å². The van der Waals surface area contributed by atoms with Gasteiger partial charge >= 0.3 is 0 Å². The first kappa shape index (κ1) is 15.5. The van der Waals surface area contributed by atoms with E-state index in [-0.39, 0.29) is 24.4 Å². The highest BCUT2D eigenvalue weighted by molar-refractivity contribution is 5.30. The summed E-state index contributed by atoms with van der Waals surface area (Å²) < 4.78 is 24.6. The molecule has 0 aliphatic carbocycles. The molecule has 0 fully saturated rings. The van der Waals surface area contributed by atoms with Crippen LogP contribution in [0.25, 0.3) is 0 Å². The smallest absolute Gasteiger partial charge is 0.189 e. The van der Waals surface area contributed by atoms with Crippen molar-refractivity contribution in [3.63, 3.8) is 0 Å². The van der Waals surface area contributed by atoms with Crippen LogP contribution < -0.4 is 10.1 Å². The minimum Gasteiger partial charge on any atom is -0.464 e. The molecule has 0 radical (unpaired) electrons. The molecule has 0 aliphatic rings. The summed E-state index contributed by atoms with van der Waals surface area (Å²) in [4.78, 5) is 0. The lowest BCUT2D eigenvalue weighted by Gasteiger charge is -2.13. The van der Waals surface area contributed by atoms with Gasteiger partial charge in [-0.15, -0.1) is 0 Å². The lowest BCUT2D eigenvalue weighted by Crippen LogP contribution is -2.12. The number of hydrogen-bond acceptors (Lipinski definition) is 3. The van der Waals surface area contributed by atoms with E-state index in [9.17, 15) is 4.39 Å². The predicted octanol–water partition coefficient (Wildman–Crippen LogP) is 3.66. The van der Waals surface area contributed by atoms with Crippen LogP contribution in [0.5, 0.6) is 5.75 Å². The largest absolute Gasteiger partial charge is 0.464 e. The highest BCUT2D eigenvalue weighted by Crippen LogP contribution is 2.22. The van der Waals surface area contributed by atoms with Crippen molar-refractivity contribution in [2.45, 2.75) is 19.6 Å². The Labute approximate surface area is 124 Å². The standard InChI is InChI=1S/C17H20FNO2/c1-13(19-2)15-8-9-17(16(18)10-15)21-12-20-11-14-6-4-3-5-7-14/h3-10,13,19H,11-12H2,1-2H3. The Balaban J connectivity index is 1.83. The van der Waals surface area contributed by atoms with Crippen LogP contribution >= 0.6 is 0 Å². The third-order valence-electron chi connectivity index (χ3n) is 3.30. The van der Waals surface area contributed by atoms with Crippen LogP contribution in [0, 0.1) is 5.82 Å². The van der Waals surface area contributed by atoms with Crippen LogP contribution in [0.4, 0.5) is 4.39 Å². The molecule has 4 heteroatoms. The van der Waals surface area contributed by atoms with Crippen LogP contribution in [0.1, 0.15) is 24.1 Å². The van der Waals surface area contributed by atoms with Crippen molar-refractivity contribution in [2.24, 2.45) is 0 Å². The Morgan fingerprint density at radius 2 is 1.90 bits per heavy atom. The van der Waals surface area contributed by atoms with Crippen LogP contribution in [-0.4, -0.2) is 13.8 Å². The Kier molecular flexibility index (Phi) is 5.72. The summed E-state index contributed by atoms with van der Waals surface area (Å²) in [6, 6.07) is 14.8. The number of benzene rings is 2. The maximum atomic E-state index is 13.9. The van der Waals surface area contributed by atoms with Gasteiger partial charge in [0.1, 0.15) is 0 Å². The fraction of sp³-hybridized carbons (Fsp3) is 0.294. The topological polar surface area (TPSA) is 30.5 Å². The van der Waals surface area contributed by atoms with Crippen molar-refractivity contribution in [3.05, 3.63) is 65.5 Å². The molecule has 2 rings (SSSR count). The zero-order valence-electron chi connectivity index (χ0n) is 12.3. The second-order valence-corrected chi connectivity index (χ2v) is 4.80. The Morgan fingerprint density at radius 3 is 2.57 bits per heavy atom. The lowest BCUT2D eigenvalue weighted by molar-refractivity contribution is 0.00301. The first-order chi connectivity index (χ1) is 10.2. The summed E-state index contributed by atoms with van der Waals surface area (Å²) in [5.41, 5.74) is 1.94. The summed E-state index contributed by atoms with van der Waals surface area (Å²) in [5, 5.41) is 3.07. The first-order valence-corrected chi connectivity index (χ1v) is 6.92. The quantitative estimate of drug-likeness (QED) is 0.623. The highest BCUT2D eigenvalue weighted by atomic mass is 19.1. The van der Waals surface area contributed by atoms with Gasteiger partial charge in [-0.1, -0.05) is 36.4 Å². The highest BCUT2D eigenvalue weighted by Gasteiger charge is 2.08. The molecule has 0 saturated heterocycles. The first-order valence-electron chi connectivity index (χ1n) is 6.92. The van der Waals surface area contributed by atoms with E-state index < -0.39 is 0 Å². The average molecular weight is 289 g/mol. The molecule has 112 valence electrons. The van der Waals surface area contributed by atoms with Crippen molar-refractivity contribution >= 4 is 0 Å². The molecular formula is C17H20FNO2. The van der Waals surface area contributed by atoms with Gasteiger partial charge < -0.3 is 14.8 Å². The molecule has 1 atom stereocenters. The molecule has 0 amide bonds. The number of rotatable bonds is 7. The predicted molar refractivity (Wildman–Crippen MR) is 80.6 cm³/mol. The van der Waals surface area contributed by atoms with Crippen LogP contribution in [0.2, 0.25) is 0 Å². The molecule has 0 aliphatic heterocycles. The molecule has 0 aromatic heterocycles. The maximum absolute atomic E-state index is 13.9. The second kappa shape index (κ2) is 7.76. The van der Waals surface area contributed by atoms with E-state index in [1.165, 1.54) is 6.07 Å². The van der Waals surface area contributed by atoms with Gasteiger partial charge in [-0.05, 0) is 37.2 Å². The third-order valence-corrected chi connectivity index (χ3v) is 3.30. The van der Waals surface area contributed by atoms with Crippen molar-refractivity contribution in [1.82, 2.24) is 5.32 Å². The summed E-state index contributed by atoms with van der Waals surface area (Å²) in [5.74, 6) is -0.173. The molecule has 0 spiro atoms. The minimum absolute atomic E-state index is 0.0206.